The molecule has 0 bridgehead atoms. The average Bonchev–Trinajstić information content (AvgIpc) is 3.11. The van der Waals surface area contributed by atoms with E-state index in [2.05, 4.69) is 5.32 Å². The maximum absolute atomic E-state index is 12.1. The normalized spacial score (nSPS) is 13.1. The Morgan fingerprint density at radius 3 is 2.59 bits per heavy atom. The summed E-state index contributed by atoms with van der Waals surface area (Å²) >= 11 is 12.0. The number of ether oxygens (including phenoxy) is 3. The number of carbonyl (C=O) groups excluding carboxylic acids is 2. The van der Waals surface area contributed by atoms with Crippen LogP contribution < -0.4 is 14.8 Å². The molecule has 6 nitrogen and oxygen atoms in total. The molecule has 0 saturated carbocycles. The predicted molar refractivity (Wildman–Crippen MR) is 100 cm³/mol. The zero-order valence-electron chi connectivity index (χ0n) is 14.5. The highest BCUT2D eigenvalue weighted by molar-refractivity contribution is 6.36. The van der Waals surface area contributed by atoms with E-state index in [4.69, 9.17) is 37.4 Å². The summed E-state index contributed by atoms with van der Waals surface area (Å²) in [4.78, 5) is 24.0. The molecule has 2 aromatic carbocycles. The Hall–Kier alpha value is -2.44. The number of halogens is 2. The average molecular weight is 410 g/mol. The zero-order valence-corrected chi connectivity index (χ0v) is 16.0. The van der Waals surface area contributed by atoms with Crippen LogP contribution in [0.15, 0.2) is 36.4 Å². The smallest absolute Gasteiger partial charge is 0.310 e. The molecule has 1 N–H and O–H groups in total. The van der Waals surface area contributed by atoms with E-state index in [1.165, 1.54) is 0 Å². The van der Waals surface area contributed by atoms with Crippen LogP contribution in [0.5, 0.6) is 11.5 Å². The maximum Gasteiger partial charge on any atom is 0.310 e. The number of nitrogens with one attached hydrogen (secondary N) is 1. The summed E-state index contributed by atoms with van der Waals surface area (Å²) in [5, 5.41) is 3.52. The van der Waals surface area contributed by atoms with Crippen molar-refractivity contribution in [3.8, 4) is 11.5 Å². The van der Waals surface area contributed by atoms with Crippen molar-refractivity contribution in [2.45, 2.75) is 19.4 Å². The van der Waals surface area contributed by atoms with Crippen LogP contribution in [0.3, 0.4) is 0 Å². The van der Waals surface area contributed by atoms with E-state index in [0.29, 0.717) is 27.1 Å². The minimum absolute atomic E-state index is 0.108. The van der Waals surface area contributed by atoms with Crippen molar-refractivity contribution in [1.29, 1.82) is 0 Å². The van der Waals surface area contributed by atoms with E-state index in [1.807, 2.05) is 13.0 Å². The topological polar surface area (TPSA) is 73.9 Å². The Kier molecular flexibility index (Phi) is 6.08. The van der Waals surface area contributed by atoms with Gasteiger partial charge in [-0.2, -0.15) is 0 Å². The first-order valence-corrected chi connectivity index (χ1v) is 8.97. The first-order chi connectivity index (χ1) is 12.9. The molecule has 0 fully saturated rings. The maximum atomic E-state index is 12.1. The standard InChI is InChI=1S/C19H17Cl2NO5/c1-11(12-5-6-16-17(7-12)27-10-26-16)22-18(23)9-25-19(24)8-13-14(20)3-2-4-15(13)21/h2-7,11H,8-10H2,1H3,(H,22,23)/t11-/m1/s1. The van der Waals surface area contributed by atoms with E-state index in [1.54, 1.807) is 30.3 Å². The van der Waals surface area contributed by atoms with Crippen LogP contribution in [0.2, 0.25) is 10.0 Å². The molecule has 0 radical (unpaired) electrons. The summed E-state index contributed by atoms with van der Waals surface area (Å²) in [6.07, 6.45) is -0.108. The zero-order chi connectivity index (χ0) is 19.4. The fraction of sp³-hybridized carbons (Fsp3) is 0.263. The lowest BCUT2D eigenvalue weighted by Gasteiger charge is -2.15. The van der Waals surface area contributed by atoms with Crippen molar-refractivity contribution in [2.75, 3.05) is 13.4 Å². The fourth-order valence-electron chi connectivity index (χ4n) is 2.59. The third kappa shape index (κ3) is 4.84. The molecule has 0 saturated heterocycles. The third-order valence-corrected chi connectivity index (χ3v) is 4.73. The molecule has 1 aliphatic heterocycles. The Morgan fingerprint density at radius 2 is 1.85 bits per heavy atom. The summed E-state index contributed by atoms with van der Waals surface area (Å²) in [7, 11) is 0. The van der Waals surface area contributed by atoms with Gasteiger partial charge in [0.15, 0.2) is 18.1 Å². The largest absolute Gasteiger partial charge is 0.455 e. The minimum atomic E-state index is -0.587. The van der Waals surface area contributed by atoms with Crippen molar-refractivity contribution < 1.29 is 23.8 Å². The highest BCUT2D eigenvalue weighted by Crippen LogP contribution is 2.34. The minimum Gasteiger partial charge on any atom is -0.455 e. The van der Waals surface area contributed by atoms with E-state index < -0.39 is 18.5 Å². The van der Waals surface area contributed by atoms with Crippen LogP contribution in [0.1, 0.15) is 24.1 Å². The summed E-state index contributed by atoms with van der Waals surface area (Å²) in [5.41, 5.74) is 1.32. The molecule has 142 valence electrons. The van der Waals surface area contributed by atoms with Gasteiger partial charge in [-0.15, -0.1) is 0 Å². The third-order valence-electron chi connectivity index (χ3n) is 4.02. The second kappa shape index (κ2) is 8.50. The van der Waals surface area contributed by atoms with E-state index >= 15 is 0 Å². The Labute approximate surface area is 166 Å². The number of esters is 1. The van der Waals surface area contributed by atoms with Gasteiger partial charge < -0.3 is 19.5 Å². The van der Waals surface area contributed by atoms with Gasteiger partial charge >= 0.3 is 5.97 Å². The van der Waals surface area contributed by atoms with Crippen molar-refractivity contribution in [3.63, 3.8) is 0 Å². The summed E-state index contributed by atoms with van der Waals surface area (Å²) in [5.74, 6) is 0.302. The Morgan fingerprint density at radius 1 is 1.15 bits per heavy atom. The molecular formula is C19H17Cl2NO5. The van der Waals surface area contributed by atoms with Gasteiger partial charge in [0.2, 0.25) is 6.79 Å². The lowest BCUT2D eigenvalue weighted by molar-refractivity contribution is -0.148. The van der Waals surface area contributed by atoms with Crippen molar-refractivity contribution in [2.24, 2.45) is 0 Å². The lowest BCUT2D eigenvalue weighted by atomic mass is 10.1. The van der Waals surface area contributed by atoms with E-state index in [9.17, 15) is 9.59 Å². The number of hydrogen-bond acceptors (Lipinski definition) is 5. The number of fused-ring (bicyclic) bond motifs is 1. The van der Waals surface area contributed by atoms with E-state index in [0.717, 1.165) is 5.56 Å². The van der Waals surface area contributed by atoms with Crippen molar-refractivity contribution in [3.05, 3.63) is 57.6 Å². The van der Waals surface area contributed by atoms with Gasteiger partial charge in [0.05, 0.1) is 12.5 Å². The number of hydrogen-bond donors (Lipinski definition) is 1. The van der Waals surface area contributed by atoms with Crippen LogP contribution in [0.4, 0.5) is 0 Å². The molecule has 1 aliphatic rings. The van der Waals surface area contributed by atoms with E-state index in [-0.39, 0.29) is 19.3 Å². The number of rotatable bonds is 6. The molecule has 8 heteroatoms. The summed E-state index contributed by atoms with van der Waals surface area (Å²) < 4.78 is 15.6. The van der Waals surface area contributed by atoms with Gasteiger partial charge in [0, 0.05) is 15.6 Å². The monoisotopic (exact) mass is 409 g/mol. The van der Waals surface area contributed by atoms with Crippen LogP contribution in [-0.2, 0) is 20.7 Å². The van der Waals surface area contributed by atoms with Crippen LogP contribution in [0.25, 0.3) is 0 Å². The first-order valence-electron chi connectivity index (χ1n) is 8.21. The molecule has 1 heterocycles. The van der Waals surface area contributed by atoms with Gasteiger partial charge in [0.1, 0.15) is 0 Å². The number of carbonyl (C=O) groups is 2. The van der Waals surface area contributed by atoms with Gasteiger partial charge in [-0.1, -0.05) is 35.3 Å². The molecule has 27 heavy (non-hydrogen) atoms. The number of amides is 1. The molecule has 1 amide bonds. The quantitative estimate of drug-likeness (QED) is 0.736. The molecule has 0 spiro atoms. The molecule has 3 rings (SSSR count). The SMILES string of the molecule is C[C@@H](NC(=O)COC(=O)Cc1c(Cl)cccc1Cl)c1ccc2c(c1)OCO2. The van der Waals surface area contributed by atoms with Gasteiger partial charge in [-0.25, -0.2) is 0 Å². The van der Waals surface area contributed by atoms with Crippen molar-refractivity contribution >= 4 is 35.1 Å². The molecule has 0 aliphatic carbocycles. The van der Waals surface area contributed by atoms with Gasteiger partial charge in [-0.05, 0) is 36.8 Å². The molecule has 0 aromatic heterocycles. The molecule has 1 atom stereocenters. The summed E-state index contributed by atoms with van der Waals surface area (Å²) in [6, 6.07) is 10.1. The molecular weight excluding hydrogens is 393 g/mol. The van der Waals surface area contributed by atoms with Crippen LogP contribution >= 0.6 is 23.2 Å². The highest BCUT2D eigenvalue weighted by atomic mass is 35.5. The first kappa shape index (κ1) is 19.3. The second-order valence-corrected chi connectivity index (χ2v) is 6.75. The van der Waals surface area contributed by atoms with Crippen LogP contribution in [-0.4, -0.2) is 25.3 Å². The summed E-state index contributed by atoms with van der Waals surface area (Å²) in [6.45, 7) is 1.61. The molecule has 2 aromatic rings. The highest BCUT2D eigenvalue weighted by Gasteiger charge is 2.18. The second-order valence-electron chi connectivity index (χ2n) is 5.94. The predicted octanol–water partition coefficient (Wildman–Crippen LogP) is 3.69. The fourth-order valence-corrected chi connectivity index (χ4v) is 3.12. The Balaban J connectivity index is 1.50. The van der Waals surface area contributed by atoms with Gasteiger partial charge in [-0.3, -0.25) is 9.59 Å². The van der Waals surface area contributed by atoms with Gasteiger partial charge in [0.25, 0.3) is 5.91 Å². The Bertz CT molecular complexity index is 851. The number of benzene rings is 2. The van der Waals surface area contributed by atoms with Crippen LogP contribution in [0, 0.1) is 0 Å². The van der Waals surface area contributed by atoms with Crippen molar-refractivity contribution in [1.82, 2.24) is 5.32 Å². The lowest BCUT2D eigenvalue weighted by Crippen LogP contribution is -2.31. The molecule has 0 unspecified atom stereocenters.